The number of hydrogen-bond donors (Lipinski definition) is 1. The van der Waals surface area contributed by atoms with Gasteiger partial charge < -0.3 is 5.32 Å². The Morgan fingerprint density at radius 2 is 1.77 bits per heavy atom. The van der Waals surface area contributed by atoms with Crippen LogP contribution in [0.4, 0.5) is 13.2 Å². The topological polar surface area (TPSA) is 46.9 Å². The van der Waals surface area contributed by atoms with Crippen molar-refractivity contribution in [1.29, 1.82) is 0 Å². The molecule has 5 saturated carbocycles. The maximum absolute atomic E-state index is 13.2. The number of halogens is 4. The summed E-state index contributed by atoms with van der Waals surface area (Å²) in [7, 11) is 0. The molecule has 1 atom stereocenters. The molecule has 5 aliphatic rings. The Kier molecular flexibility index (Phi) is 4.92. The molecule has 4 bridgehead atoms. The lowest BCUT2D eigenvalue weighted by Crippen LogP contribution is -2.55. The average Bonchev–Trinajstić information content (AvgIpc) is 3.40. The molecule has 0 unspecified atom stereocenters. The zero-order valence-electron chi connectivity index (χ0n) is 17.3. The third-order valence-electron chi connectivity index (χ3n) is 8.10. The number of aromatic nitrogens is 2. The highest BCUT2D eigenvalue weighted by Crippen LogP contribution is 2.61. The Bertz CT molecular complexity index is 810. The van der Waals surface area contributed by atoms with Gasteiger partial charge in [0.15, 0.2) is 5.69 Å². The van der Waals surface area contributed by atoms with Crippen molar-refractivity contribution < 1.29 is 18.0 Å². The second-order valence-electron chi connectivity index (χ2n) is 10.4. The number of rotatable bonds is 6. The van der Waals surface area contributed by atoms with Gasteiger partial charge in [-0.1, -0.05) is 11.6 Å². The van der Waals surface area contributed by atoms with Gasteiger partial charge in [-0.25, -0.2) is 0 Å². The van der Waals surface area contributed by atoms with Gasteiger partial charge in [-0.3, -0.25) is 9.48 Å². The molecule has 8 heteroatoms. The van der Waals surface area contributed by atoms with Crippen LogP contribution in [0.2, 0.25) is 5.02 Å². The quantitative estimate of drug-likeness (QED) is 0.627. The lowest BCUT2D eigenvalue weighted by Gasteiger charge is -2.59. The standard InChI is InChI=1S/C22H29ClF3N3O/c1-12(21-9-13-6-14(10-21)8-15(7-13)11-21)27-17(30)4-5-29-19(16-2-3-16)18(23)20(28-29)22(24,25)26/h12-16H,2-11H2,1H3,(H,27,30)/t12-,13?,14?,15?,21?/m1/s1. The zero-order chi connectivity index (χ0) is 21.3. The predicted molar refractivity (Wildman–Crippen MR) is 107 cm³/mol. The molecule has 1 heterocycles. The maximum Gasteiger partial charge on any atom is 0.436 e. The normalized spacial score (nSPS) is 33.7. The first kappa shape index (κ1) is 20.7. The van der Waals surface area contributed by atoms with Crippen molar-refractivity contribution in [2.24, 2.45) is 23.2 Å². The van der Waals surface area contributed by atoms with E-state index >= 15 is 0 Å². The molecule has 5 fully saturated rings. The van der Waals surface area contributed by atoms with Crippen LogP contribution >= 0.6 is 11.6 Å². The van der Waals surface area contributed by atoms with E-state index in [1.807, 2.05) is 0 Å². The summed E-state index contributed by atoms with van der Waals surface area (Å²) >= 11 is 6.02. The molecule has 4 nitrogen and oxygen atoms in total. The van der Waals surface area contributed by atoms with Crippen molar-refractivity contribution >= 4 is 17.5 Å². The fraction of sp³-hybridized carbons (Fsp3) is 0.818. The Balaban J connectivity index is 1.24. The van der Waals surface area contributed by atoms with Crippen molar-refractivity contribution in [2.75, 3.05) is 0 Å². The molecule has 0 saturated heterocycles. The largest absolute Gasteiger partial charge is 0.436 e. The smallest absolute Gasteiger partial charge is 0.353 e. The SMILES string of the molecule is C[C@@H](NC(=O)CCn1nc(C(F)(F)F)c(Cl)c1C1CC1)C12CC3CC(CC(C3)C1)C2. The molecule has 0 aliphatic heterocycles. The van der Waals surface area contributed by atoms with Crippen LogP contribution in [0.3, 0.4) is 0 Å². The first-order valence-electron chi connectivity index (χ1n) is 11.3. The molecule has 1 aromatic rings. The summed E-state index contributed by atoms with van der Waals surface area (Å²) in [4.78, 5) is 12.7. The number of amides is 1. The van der Waals surface area contributed by atoms with E-state index in [9.17, 15) is 18.0 Å². The van der Waals surface area contributed by atoms with Crippen LogP contribution in [0.5, 0.6) is 0 Å². The van der Waals surface area contributed by atoms with Crippen LogP contribution in [-0.4, -0.2) is 21.7 Å². The lowest BCUT2D eigenvalue weighted by molar-refractivity contribution is -0.141. The van der Waals surface area contributed by atoms with Gasteiger partial charge in [0.25, 0.3) is 0 Å². The monoisotopic (exact) mass is 443 g/mol. The molecule has 6 rings (SSSR count). The second kappa shape index (κ2) is 7.14. The van der Waals surface area contributed by atoms with Gasteiger partial charge in [0, 0.05) is 18.4 Å². The van der Waals surface area contributed by atoms with Gasteiger partial charge >= 0.3 is 6.18 Å². The summed E-state index contributed by atoms with van der Waals surface area (Å²) in [5.41, 5.74) is -0.387. The van der Waals surface area contributed by atoms with E-state index in [-0.39, 0.29) is 41.3 Å². The Morgan fingerprint density at radius 3 is 2.27 bits per heavy atom. The summed E-state index contributed by atoms with van der Waals surface area (Å²) in [6.45, 7) is 2.24. The van der Waals surface area contributed by atoms with Crippen LogP contribution in [0, 0.1) is 23.2 Å². The van der Waals surface area contributed by atoms with Crippen molar-refractivity contribution in [3.05, 3.63) is 16.4 Å². The minimum atomic E-state index is -4.58. The number of carbonyl (C=O) groups excluding carboxylic acids is 1. The zero-order valence-corrected chi connectivity index (χ0v) is 18.0. The van der Waals surface area contributed by atoms with E-state index < -0.39 is 11.9 Å². The van der Waals surface area contributed by atoms with E-state index in [1.54, 1.807) is 0 Å². The van der Waals surface area contributed by atoms with Gasteiger partial charge in [0.1, 0.15) is 0 Å². The molecular weight excluding hydrogens is 415 g/mol. The molecule has 30 heavy (non-hydrogen) atoms. The highest BCUT2D eigenvalue weighted by Gasteiger charge is 2.53. The van der Waals surface area contributed by atoms with Crippen molar-refractivity contribution in [1.82, 2.24) is 15.1 Å². The van der Waals surface area contributed by atoms with Gasteiger partial charge in [0.05, 0.1) is 17.3 Å². The second-order valence-corrected chi connectivity index (χ2v) is 10.7. The van der Waals surface area contributed by atoms with Gasteiger partial charge in [-0.2, -0.15) is 18.3 Å². The molecule has 0 aromatic carbocycles. The summed E-state index contributed by atoms with van der Waals surface area (Å²) < 4.78 is 41.0. The van der Waals surface area contributed by atoms with Crippen molar-refractivity contribution in [2.45, 2.75) is 89.4 Å². The third-order valence-corrected chi connectivity index (χ3v) is 8.47. The average molecular weight is 444 g/mol. The van der Waals surface area contributed by atoms with E-state index in [0.717, 1.165) is 30.6 Å². The van der Waals surface area contributed by atoms with E-state index in [1.165, 1.54) is 43.2 Å². The first-order chi connectivity index (χ1) is 14.1. The fourth-order valence-corrected chi connectivity index (χ4v) is 7.33. The molecule has 5 aliphatic carbocycles. The van der Waals surface area contributed by atoms with Gasteiger partial charge in [0.2, 0.25) is 5.91 Å². The number of nitrogens with zero attached hydrogens (tertiary/aromatic N) is 2. The van der Waals surface area contributed by atoms with Crippen molar-refractivity contribution in [3.63, 3.8) is 0 Å². The highest BCUT2D eigenvalue weighted by molar-refractivity contribution is 6.32. The van der Waals surface area contributed by atoms with Crippen LogP contribution in [-0.2, 0) is 17.5 Å². The molecule has 1 amide bonds. The number of hydrogen-bond acceptors (Lipinski definition) is 2. The maximum atomic E-state index is 13.2. The third kappa shape index (κ3) is 3.65. The van der Waals surface area contributed by atoms with Crippen LogP contribution in [0.25, 0.3) is 0 Å². The van der Waals surface area contributed by atoms with Crippen LogP contribution in [0.1, 0.15) is 82.0 Å². The molecule has 0 spiro atoms. The predicted octanol–water partition coefficient (Wildman–Crippen LogP) is 5.54. The Hall–Kier alpha value is -1.24. The van der Waals surface area contributed by atoms with Gasteiger partial charge in [-0.05, 0) is 81.5 Å². The molecule has 1 N–H and O–H groups in total. The minimum absolute atomic E-state index is 0.0232. The minimum Gasteiger partial charge on any atom is -0.353 e. The summed E-state index contributed by atoms with van der Waals surface area (Å²) in [5.74, 6) is 2.34. The Labute approximate surface area is 179 Å². The Morgan fingerprint density at radius 1 is 1.20 bits per heavy atom. The summed E-state index contributed by atoms with van der Waals surface area (Å²) in [6.07, 6.45) is 4.84. The van der Waals surface area contributed by atoms with Gasteiger partial charge in [-0.15, -0.1) is 0 Å². The summed E-state index contributed by atoms with van der Waals surface area (Å²) in [5, 5.41) is 6.62. The number of nitrogens with one attached hydrogen (secondary N) is 1. The number of carbonyl (C=O) groups is 1. The van der Waals surface area contributed by atoms with Crippen LogP contribution < -0.4 is 5.32 Å². The number of aryl methyl sites for hydroxylation is 1. The fourth-order valence-electron chi connectivity index (χ4n) is 6.93. The molecule has 1 aromatic heterocycles. The number of alkyl halides is 3. The van der Waals surface area contributed by atoms with Crippen LogP contribution in [0.15, 0.2) is 0 Å². The van der Waals surface area contributed by atoms with E-state index in [0.29, 0.717) is 5.69 Å². The molecule has 0 radical (unpaired) electrons. The molecule has 166 valence electrons. The van der Waals surface area contributed by atoms with E-state index in [2.05, 4.69) is 17.3 Å². The lowest BCUT2D eigenvalue weighted by atomic mass is 9.48. The highest BCUT2D eigenvalue weighted by atomic mass is 35.5. The van der Waals surface area contributed by atoms with E-state index in [4.69, 9.17) is 11.6 Å². The molecular formula is C22H29ClF3N3O. The van der Waals surface area contributed by atoms with Crippen molar-refractivity contribution in [3.8, 4) is 0 Å². The summed E-state index contributed by atoms with van der Waals surface area (Å²) in [6, 6.07) is 0.105. The first-order valence-corrected chi connectivity index (χ1v) is 11.6.